The SMILES string of the molecule is CC(C)(C)OC(=O)N1CCN(C(=O)CCC(=O)NCC(=O)O)CC1. The number of carbonyl (C=O) groups excluding carboxylic acids is 3. The van der Waals surface area contributed by atoms with Crippen molar-refractivity contribution in [1.82, 2.24) is 15.1 Å². The second-order valence-corrected chi connectivity index (χ2v) is 6.52. The van der Waals surface area contributed by atoms with Crippen LogP contribution < -0.4 is 5.32 Å². The van der Waals surface area contributed by atoms with Gasteiger partial charge in [0.25, 0.3) is 0 Å². The summed E-state index contributed by atoms with van der Waals surface area (Å²) in [6.45, 7) is 6.45. The van der Waals surface area contributed by atoms with Gasteiger partial charge in [0.1, 0.15) is 12.1 Å². The van der Waals surface area contributed by atoms with Gasteiger partial charge in [-0.15, -0.1) is 0 Å². The molecule has 1 heterocycles. The summed E-state index contributed by atoms with van der Waals surface area (Å²) in [6.07, 6.45) is -0.446. The van der Waals surface area contributed by atoms with Crippen LogP contribution >= 0.6 is 0 Å². The average molecular weight is 343 g/mol. The smallest absolute Gasteiger partial charge is 0.410 e. The van der Waals surface area contributed by atoms with Crippen LogP contribution in [-0.2, 0) is 19.1 Å². The van der Waals surface area contributed by atoms with Gasteiger partial charge in [-0.3, -0.25) is 14.4 Å². The molecule has 0 atom stereocenters. The van der Waals surface area contributed by atoms with E-state index in [0.717, 1.165) is 0 Å². The van der Waals surface area contributed by atoms with Gasteiger partial charge in [0, 0.05) is 39.0 Å². The predicted molar refractivity (Wildman–Crippen MR) is 84.3 cm³/mol. The highest BCUT2D eigenvalue weighted by atomic mass is 16.6. The van der Waals surface area contributed by atoms with Crippen molar-refractivity contribution in [3.05, 3.63) is 0 Å². The van der Waals surface area contributed by atoms with Crippen molar-refractivity contribution in [2.75, 3.05) is 32.7 Å². The minimum atomic E-state index is -1.13. The number of carbonyl (C=O) groups is 4. The van der Waals surface area contributed by atoms with E-state index in [1.807, 2.05) is 0 Å². The van der Waals surface area contributed by atoms with E-state index in [0.29, 0.717) is 26.2 Å². The summed E-state index contributed by atoms with van der Waals surface area (Å²) in [4.78, 5) is 48.8. The summed E-state index contributed by atoms with van der Waals surface area (Å²) in [6, 6.07) is 0. The highest BCUT2D eigenvalue weighted by Gasteiger charge is 2.27. The monoisotopic (exact) mass is 343 g/mol. The third kappa shape index (κ3) is 7.30. The Morgan fingerprint density at radius 3 is 2.04 bits per heavy atom. The number of nitrogens with one attached hydrogen (secondary N) is 1. The van der Waals surface area contributed by atoms with Crippen molar-refractivity contribution >= 4 is 23.9 Å². The van der Waals surface area contributed by atoms with Gasteiger partial charge in [-0.1, -0.05) is 0 Å². The molecule has 0 saturated carbocycles. The molecule has 1 saturated heterocycles. The Hall–Kier alpha value is -2.32. The molecule has 3 amide bonds. The average Bonchev–Trinajstić information content (AvgIpc) is 2.49. The number of ether oxygens (including phenoxy) is 1. The quantitative estimate of drug-likeness (QED) is 0.728. The third-order valence-electron chi connectivity index (χ3n) is 3.29. The van der Waals surface area contributed by atoms with Crippen LogP contribution in [-0.4, -0.2) is 77.1 Å². The number of hydrogen-bond donors (Lipinski definition) is 2. The van der Waals surface area contributed by atoms with Gasteiger partial charge in [0.05, 0.1) is 0 Å². The van der Waals surface area contributed by atoms with Crippen molar-refractivity contribution in [2.24, 2.45) is 0 Å². The summed E-state index contributed by atoms with van der Waals surface area (Å²) in [7, 11) is 0. The van der Waals surface area contributed by atoms with Gasteiger partial charge in [0.15, 0.2) is 0 Å². The minimum Gasteiger partial charge on any atom is -0.480 e. The van der Waals surface area contributed by atoms with E-state index in [9.17, 15) is 19.2 Å². The Kier molecular flexibility index (Phi) is 6.99. The fourth-order valence-corrected chi connectivity index (χ4v) is 2.11. The molecule has 1 rings (SSSR count). The zero-order chi connectivity index (χ0) is 18.3. The fourth-order valence-electron chi connectivity index (χ4n) is 2.11. The minimum absolute atomic E-state index is 0.0118. The highest BCUT2D eigenvalue weighted by Crippen LogP contribution is 2.12. The van der Waals surface area contributed by atoms with E-state index < -0.39 is 30.1 Å². The molecule has 0 unspecified atom stereocenters. The molecule has 2 N–H and O–H groups in total. The molecule has 0 aromatic carbocycles. The molecule has 0 radical (unpaired) electrons. The van der Waals surface area contributed by atoms with Crippen LogP contribution in [0.3, 0.4) is 0 Å². The first-order valence-electron chi connectivity index (χ1n) is 7.82. The molecule has 136 valence electrons. The summed E-state index contributed by atoms with van der Waals surface area (Å²) in [5, 5.41) is 10.7. The van der Waals surface area contributed by atoms with E-state index in [4.69, 9.17) is 9.84 Å². The largest absolute Gasteiger partial charge is 0.480 e. The lowest BCUT2D eigenvalue weighted by atomic mass is 10.2. The van der Waals surface area contributed by atoms with Crippen LogP contribution in [0.5, 0.6) is 0 Å². The lowest BCUT2D eigenvalue weighted by molar-refractivity contribution is -0.138. The summed E-state index contributed by atoms with van der Waals surface area (Å²) >= 11 is 0. The van der Waals surface area contributed by atoms with E-state index in [-0.39, 0.29) is 18.7 Å². The first-order chi connectivity index (χ1) is 11.1. The molecule has 0 spiro atoms. The van der Waals surface area contributed by atoms with Crippen LogP contribution in [0.4, 0.5) is 4.79 Å². The zero-order valence-electron chi connectivity index (χ0n) is 14.3. The normalized spacial score (nSPS) is 15.0. The van der Waals surface area contributed by atoms with Crippen molar-refractivity contribution in [1.29, 1.82) is 0 Å². The second kappa shape index (κ2) is 8.51. The molecular weight excluding hydrogens is 318 g/mol. The first kappa shape index (κ1) is 19.7. The Balaban J connectivity index is 2.31. The Labute approximate surface area is 140 Å². The molecule has 0 bridgehead atoms. The topological polar surface area (TPSA) is 116 Å². The third-order valence-corrected chi connectivity index (χ3v) is 3.29. The maximum atomic E-state index is 12.0. The van der Waals surface area contributed by atoms with E-state index in [1.165, 1.54) is 0 Å². The van der Waals surface area contributed by atoms with Crippen molar-refractivity contribution in [3.63, 3.8) is 0 Å². The Bertz CT molecular complexity index is 492. The van der Waals surface area contributed by atoms with Gasteiger partial charge >= 0.3 is 12.1 Å². The zero-order valence-corrected chi connectivity index (χ0v) is 14.3. The molecule has 0 aromatic heterocycles. The Morgan fingerprint density at radius 2 is 1.54 bits per heavy atom. The van der Waals surface area contributed by atoms with E-state index in [1.54, 1.807) is 30.6 Å². The van der Waals surface area contributed by atoms with Gasteiger partial charge in [-0.05, 0) is 20.8 Å². The maximum Gasteiger partial charge on any atom is 0.410 e. The van der Waals surface area contributed by atoms with Gasteiger partial charge in [-0.2, -0.15) is 0 Å². The standard InChI is InChI=1S/C15H25N3O6/c1-15(2,3)24-14(23)18-8-6-17(7-9-18)12(20)5-4-11(19)16-10-13(21)22/h4-10H2,1-3H3,(H,16,19)(H,21,22). The number of rotatable bonds is 5. The highest BCUT2D eigenvalue weighted by molar-refractivity contribution is 5.85. The van der Waals surface area contributed by atoms with Crippen molar-refractivity contribution in [2.45, 2.75) is 39.2 Å². The number of piperazine rings is 1. The summed E-state index contributed by atoms with van der Waals surface area (Å²) in [5.74, 6) is -1.80. The number of amides is 3. The van der Waals surface area contributed by atoms with Gasteiger partial charge < -0.3 is 25.0 Å². The lowest BCUT2D eigenvalue weighted by Gasteiger charge is -2.35. The number of carboxylic acids is 1. The molecule has 24 heavy (non-hydrogen) atoms. The van der Waals surface area contributed by atoms with Crippen molar-refractivity contribution in [3.8, 4) is 0 Å². The van der Waals surface area contributed by atoms with E-state index in [2.05, 4.69) is 5.32 Å². The van der Waals surface area contributed by atoms with Crippen LogP contribution in [0.2, 0.25) is 0 Å². The van der Waals surface area contributed by atoms with Crippen LogP contribution in [0.1, 0.15) is 33.6 Å². The van der Waals surface area contributed by atoms with Gasteiger partial charge in [0.2, 0.25) is 11.8 Å². The number of carboxylic acid groups (broad SMARTS) is 1. The molecule has 9 heteroatoms. The molecule has 9 nitrogen and oxygen atoms in total. The fraction of sp³-hybridized carbons (Fsp3) is 0.733. The molecule has 0 aromatic rings. The lowest BCUT2D eigenvalue weighted by Crippen LogP contribution is -2.51. The predicted octanol–water partition coefficient (Wildman–Crippen LogP) is 0.0467. The molecule has 1 fully saturated rings. The number of aliphatic carboxylic acids is 1. The summed E-state index contributed by atoms with van der Waals surface area (Å²) in [5.41, 5.74) is -0.562. The maximum absolute atomic E-state index is 12.0. The molecular formula is C15H25N3O6. The Morgan fingerprint density at radius 1 is 1.00 bits per heavy atom. The van der Waals surface area contributed by atoms with Crippen LogP contribution in [0.15, 0.2) is 0 Å². The number of hydrogen-bond acceptors (Lipinski definition) is 5. The molecule has 1 aliphatic rings. The van der Waals surface area contributed by atoms with Gasteiger partial charge in [-0.25, -0.2) is 4.79 Å². The molecule has 0 aliphatic carbocycles. The van der Waals surface area contributed by atoms with E-state index >= 15 is 0 Å². The van der Waals surface area contributed by atoms with Crippen LogP contribution in [0, 0.1) is 0 Å². The summed E-state index contributed by atoms with van der Waals surface area (Å²) < 4.78 is 5.28. The second-order valence-electron chi connectivity index (χ2n) is 6.52. The first-order valence-corrected chi connectivity index (χ1v) is 7.82. The van der Waals surface area contributed by atoms with Crippen LogP contribution in [0.25, 0.3) is 0 Å². The number of nitrogens with zero attached hydrogens (tertiary/aromatic N) is 2. The molecule has 1 aliphatic heterocycles. The van der Waals surface area contributed by atoms with Crippen molar-refractivity contribution < 1.29 is 29.0 Å².